The largest absolute Gasteiger partial charge is 0.472 e. The van der Waals surface area contributed by atoms with E-state index in [1.165, 1.54) is 218 Å². The van der Waals surface area contributed by atoms with E-state index < -0.39 is 97.5 Å². The van der Waals surface area contributed by atoms with E-state index in [1.807, 2.05) is 0 Å². The van der Waals surface area contributed by atoms with Gasteiger partial charge in [-0.1, -0.05) is 349 Å². The Hall–Kier alpha value is -1.94. The summed E-state index contributed by atoms with van der Waals surface area (Å²) in [6, 6.07) is 0. The average molecular weight is 1400 g/mol. The van der Waals surface area contributed by atoms with Crippen molar-refractivity contribution in [3.8, 4) is 0 Å². The molecule has 0 aromatic carbocycles. The van der Waals surface area contributed by atoms with E-state index in [4.69, 9.17) is 37.0 Å². The van der Waals surface area contributed by atoms with Crippen LogP contribution in [0.25, 0.3) is 0 Å². The predicted molar refractivity (Wildman–Crippen MR) is 386 cm³/mol. The minimum atomic E-state index is -4.96. The second-order valence-corrected chi connectivity index (χ2v) is 30.8. The first-order chi connectivity index (χ1) is 46.0. The van der Waals surface area contributed by atoms with Crippen LogP contribution in [-0.4, -0.2) is 96.7 Å². The van der Waals surface area contributed by atoms with Crippen molar-refractivity contribution in [3.05, 3.63) is 0 Å². The quantitative estimate of drug-likeness (QED) is 0.0222. The van der Waals surface area contributed by atoms with E-state index in [-0.39, 0.29) is 25.7 Å². The van der Waals surface area contributed by atoms with Crippen LogP contribution >= 0.6 is 15.6 Å². The zero-order valence-electron chi connectivity index (χ0n) is 61.8. The maximum absolute atomic E-state index is 13.1. The van der Waals surface area contributed by atoms with Crippen molar-refractivity contribution in [1.29, 1.82) is 0 Å². The predicted octanol–water partition coefficient (Wildman–Crippen LogP) is 22.5. The molecule has 0 saturated heterocycles. The lowest BCUT2D eigenvalue weighted by atomic mass is 10.0. The van der Waals surface area contributed by atoms with E-state index in [1.54, 1.807) is 0 Å². The molecule has 95 heavy (non-hydrogen) atoms. The van der Waals surface area contributed by atoms with E-state index in [0.717, 1.165) is 102 Å². The third-order valence-electron chi connectivity index (χ3n) is 17.8. The molecule has 0 spiro atoms. The highest BCUT2D eigenvalue weighted by molar-refractivity contribution is 7.47. The van der Waals surface area contributed by atoms with Crippen LogP contribution in [0.3, 0.4) is 0 Å². The lowest BCUT2D eigenvalue weighted by Crippen LogP contribution is -2.30. The Balaban J connectivity index is 5.15. The van der Waals surface area contributed by atoms with Gasteiger partial charge in [-0.2, -0.15) is 0 Å². The summed E-state index contributed by atoms with van der Waals surface area (Å²) in [7, 11) is -9.90. The second-order valence-electron chi connectivity index (χ2n) is 27.9. The van der Waals surface area contributed by atoms with E-state index in [9.17, 15) is 43.2 Å². The van der Waals surface area contributed by atoms with Crippen molar-refractivity contribution in [2.24, 2.45) is 5.92 Å². The van der Waals surface area contributed by atoms with E-state index in [0.29, 0.717) is 25.7 Å². The summed E-state index contributed by atoms with van der Waals surface area (Å²) in [5.41, 5.74) is 0. The van der Waals surface area contributed by atoms with Crippen LogP contribution in [0.15, 0.2) is 0 Å². The Morgan fingerprint density at radius 3 is 0.716 bits per heavy atom. The van der Waals surface area contributed by atoms with Crippen molar-refractivity contribution >= 4 is 39.5 Å². The molecule has 0 aliphatic rings. The molecule has 0 bridgehead atoms. The maximum atomic E-state index is 13.1. The molecule has 0 aliphatic carbocycles. The molecule has 0 saturated carbocycles. The number of rotatable bonds is 76. The summed E-state index contributed by atoms with van der Waals surface area (Å²) in [6.45, 7) is 7.27. The summed E-state index contributed by atoms with van der Waals surface area (Å²) < 4.78 is 68.4. The number of hydrogen-bond donors (Lipinski definition) is 3. The van der Waals surface area contributed by atoms with Gasteiger partial charge in [0.15, 0.2) is 12.2 Å². The lowest BCUT2D eigenvalue weighted by Gasteiger charge is -2.21. The number of unbranched alkanes of at least 4 members (excludes halogenated alkanes) is 48. The second kappa shape index (κ2) is 69.2. The van der Waals surface area contributed by atoms with Gasteiger partial charge < -0.3 is 33.8 Å². The van der Waals surface area contributed by atoms with Gasteiger partial charge in [0.2, 0.25) is 0 Å². The standard InChI is InChI=1S/C76H148O17P2/c1-6-9-12-15-18-21-22-23-24-25-26-27-28-29-30-35-38-42-47-52-57-62-76(81)93-72(66-87-74(79)60-55-50-45-41-37-34-32-31-33-36-40-43-48-53-58-69(4)5)68-91-95(84,85)89-64-70(77)63-88-94(82,83)90-67-71(65-86-73(78)59-54-49-44-20-17-14-11-8-3)92-75(80)61-56-51-46-39-19-16-13-10-7-2/h69-72,77H,6-68H2,1-5H3,(H,82,83)(H,84,85)/t70-,71+,72+/m0/s1. The normalized spacial score (nSPS) is 13.9. The van der Waals surface area contributed by atoms with Gasteiger partial charge in [0.05, 0.1) is 26.4 Å². The SMILES string of the molecule is CCCCCCCCCCCCCCCCCCCCCCCC(=O)O[C@H](COC(=O)CCCCCCCCCCCCCCCCC(C)C)COP(=O)(O)OC[C@@H](O)COP(=O)(O)OC[C@@H](COC(=O)CCCCCCCCCC)OC(=O)CCCCCCCCCCC. The highest BCUT2D eigenvalue weighted by Gasteiger charge is 2.30. The van der Waals surface area contributed by atoms with Crippen LogP contribution in [0, 0.1) is 5.92 Å². The zero-order chi connectivity index (χ0) is 69.8. The minimum Gasteiger partial charge on any atom is -0.462 e. The molecule has 5 atom stereocenters. The molecule has 0 fully saturated rings. The van der Waals surface area contributed by atoms with Gasteiger partial charge >= 0.3 is 39.5 Å². The van der Waals surface area contributed by atoms with Gasteiger partial charge in [-0.05, 0) is 31.6 Å². The van der Waals surface area contributed by atoms with Crippen LogP contribution in [0.5, 0.6) is 0 Å². The Morgan fingerprint density at radius 2 is 0.484 bits per heavy atom. The Kier molecular flexibility index (Phi) is 67.7. The molecule has 0 aromatic rings. The molecule has 0 rings (SSSR count). The van der Waals surface area contributed by atoms with Gasteiger partial charge in [-0.25, -0.2) is 9.13 Å². The van der Waals surface area contributed by atoms with Crippen molar-refractivity contribution in [3.63, 3.8) is 0 Å². The molecule has 564 valence electrons. The number of aliphatic hydroxyl groups excluding tert-OH is 1. The first-order valence-electron chi connectivity index (χ1n) is 39.6. The average Bonchev–Trinajstić information content (AvgIpc) is 1.34. The van der Waals surface area contributed by atoms with Crippen molar-refractivity contribution in [1.82, 2.24) is 0 Å². The third-order valence-corrected chi connectivity index (χ3v) is 19.7. The van der Waals surface area contributed by atoms with Gasteiger partial charge in [0.25, 0.3) is 0 Å². The molecule has 0 radical (unpaired) electrons. The Morgan fingerprint density at radius 1 is 0.284 bits per heavy atom. The van der Waals surface area contributed by atoms with Crippen molar-refractivity contribution in [2.45, 2.75) is 419 Å². The van der Waals surface area contributed by atoms with Gasteiger partial charge in [-0.15, -0.1) is 0 Å². The Bertz CT molecular complexity index is 1820. The topological polar surface area (TPSA) is 237 Å². The minimum absolute atomic E-state index is 0.106. The van der Waals surface area contributed by atoms with Gasteiger partial charge in [-0.3, -0.25) is 37.3 Å². The van der Waals surface area contributed by atoms with Crippen LogP contribution in [0.4, 0.5) is 0 Å². The monoisotopic (exact) mass is 1400 g/mol. The molecule has 2 unspecified atom stereocenters. The first kappa shape index (κ1) is 93.1. The first-order valence-corrected chi connectivity index (χ1v) is 42.6. The summed E-state index contributed by atoms with van der Waals surface area (Å²) in [5.74, 6) is -1.32. The number of esters is 4. The fraction of sp³-hybridized carbons (Fsp3) is 0.947. The van der Waals surface area contributed by atoms with E-state index in [2.05, 4.69) is 34.6 Å². The molecule has 17 nitrogen and oxygen atoms in total. The number of hydrogen-bond acceptors (Lipinski definition) is 15. The third kappa shape index (κ3) is 70.3. The van der Waals surface area contributed by atoms with Gasteiger partial charge in [0.1, 0.15) is 19.3 Å². The fourth-order valence-corrected chi connectivity index (χ4v) is 13.3. The highest BCUT2D eigenvalue weighted by Crippen LogP contribution is 2.45. The number of ether oxygens (including phenoxy) is 4. The summed E-state index contributed by atoms with van der Waals surface area (Å²) in [5, 5.41) is 10.6. The summed E-state index contributed by atoms with van der Waals surface area (Å²) >= 11 is 0. The fourth-order valence-electron chi connectivity index (χ4n) is 11.7. The van der Waals surface area contributed by atoms with Crippen molar-refractivity contribution < 1.29 is 80.2 Å². The smallest absolute Gasteiger partial charge is 0.462 e. The molecular formula is C76H148O17P2. The number of carbonyl (C=O) groups excluding carboxylic acids is 4. The number of carbonyl (C=O) groups is 4. The number of phosphoric ester groups is 2. The molecular weight excluding hydrogens is 1250 g/mol. The molecule has 19 heteroatoms. The van der Waals surface area contributed by atoms with Crippen molar-refractivity contribution in [2.75, 3.05) is 39.6 Å². The zero-order valence-corrected chi connectivity index (χ0v) is 63.6. The highest BCUT2D eigenvalue weighted by atomic mass is 31.2. The summed E-state index contributed by atoms with van der Waals surface area (Å²) in [6.07, 6.45) is 58.5. The van der Waals surface area contributed by atoms with Crippen LogP contribution < -0.4 is 0 Å². The molecule has 0 aliphatic heterocycles. The molecule has 0 heterocycles. The van der Waals surface area contributed by atoms with Crippen LogP contribution in [-0.2, 0) is 65.4 Å². The number of phosphoric acid groups is 2. The van der Waals surface area contributed by atoms with Crippen LogP contribution in [0.1, 0.15) is 401 Å². The molecule has 0 amide bonds. The lowest BCUT2D eigenvalue weighted by molar-refractivity contribution is -0.161. The maximum Gasteiger partial charge on any atom is 0.472 e. The summed E-state index contributed by atoms with van der Waals surface area (Å²) in [4.78, 5) is 72.6. The molecule has 0 aromatic heterocycles. The van der Waals surface area contributed by atoms with E-state index >= 15 is 0 Å². The molecule has 3 N–H and O–H groups in total. The van der Waals surface area contributed by atoms with Crippen LogP contribution in [0.2, 0.25) is 0 Å². The Labute approximate surface area is 581 Å². The number of aliphatic hydroxyl groups is 1. The van der Waals surface area contributed by atoms with Gasteiger partial charge in [0, 0.05) is 25.7 Å².